The molecule has 0 saturated carbocycles. The van der Waals surface area contributed by atoms with Gasteiger partial charge in [-0.3, -0.25) is 9.29 Å². The number of rotatable bonds is 8. The lowest BCUT2D eigenvalue weighted by Crippen LogP contribution is -2.14. The fraction of sp³-hybridized carbons (Fsp3) is 0.174. The standard InChI is InChI=1S/C23H23N5O5S/c1-15-16(2)28(14-24-15)22-11-12-23(26-25-22)33-18-7-5-17(6-8-18)27-34(29,30)21-10-9-19(31-3)13-20(21)32-4/h5-14,27H,1-4H3. The molecule has 1 N–H and O–H groups in total. The summed E-state index contributed by atoms with van der Waals surface area (Å²) in [6.45, 7) is 3.88. The Labute approximate surface area is 197 Å². The molecule has 0 fully saturated rings. The number of aryl methyl sites for hydroxylation is 1. The van der Waals surface area contributed by atoms with E-state index in [4.69, 9.17) is 14.2 Å². The molecular formula is C23H23N5O5S. The second-order valence-corrected chi connectivity index (χ2v) is 8.91. The second-order valence-electron chi connectivity index (χ2n) is 7.26. The van der Waals surface area contributed by atoms with Gasteiger partial charge in [-0.2, -0.15) is 0 Å². The molecule has 176 valence electrons. The van der Waals surface area contributed by atoms with E-state index in [0.29, 0.717) is 28.9 Å². The molecule has 0 radical (unpaired) electrons. The van der Waals surface area contributed by atoms with Crippen LogP contribution in [0, 0.1) is 13.8 Å². The minimum atomic E-state index is -3.89. The first-order chi connectivity index (χ1) is 16.3. The van der Waals surface area contributed by atoms with E-state index in [1.165, 1.54) is 26.4 Å². The Kier molecular flexibility index (Phi) is 6.37. The zero-order valence-electron chi connectivity index (χ0n) is 19.0. The van der Waals surface area contributed by atoms with E-state index in [-0.39, 0.29) is 10.6 Å². The molecular weight excluding hydrogens is 458 g/mol. The van der Waals surface area contributed by atoms with Crippen LogP contribution in [-0.2, 0) is 10.0 Å². The van der Waals surface area contributed by atoms with Gasteiger partial charge in [0, 0.05) is 23.5 Å². The number of sulfonamides is 1. The average molecular weight is 482 g/mol. The van der Waals surface area contributed by atoms with E-state index in [0.717, 1.165) is 11.4 Å². The number of nitrogens with one attached hydrogen (secondary N) is 1. The fourth-order valence-corrected chi connectivity index (χ4v) is 4.36. The van der Waals surface area contributed by atoms with Crippen LogP contribution in [0.3, 0.4) is 0 Å². The molecule has 10 nitrogen and oxygen atoms in total. The molecule has 0 aliphatic heterocycles. The van der Waals surface area contributed by atoms with Crippen molar-refractivity contribution in [2.75, 3.05) is 18.9 Å². The first-order valence-corrected chi connectivity index (χ1v) is 11.7. The molecule has 0 aliphatic rings. The summed E-state index contributed by atoms with van der Waals surface area (Å²) < 4.78 is 46.1. The van der Waals surface area contributed by atoms with Crippen LogP contribution in [0.2, 0.25) is 0 Å². The van der Waals surface area contributed by atoms with Crippen LogP contribution in [0.25, 0.3) is 5.82 Å². The van der Waals surface area contributed by atoms with Gasteiger partial charge in [-0.05, 0) is 56.3 Å². The molecule has 0 aliphatic carbocycles. The van der Waals surface area contributed by atoms with Crippen molar-refractivity contribution >= 4 is 15.7 Å². The van der Waals surface area contributed by atoms with Crippen molar-refractivity contribution in [3.63, 3.8) is 0 Å². The number of hydrogen-bond acceptors (Lipinski definition) is 8. The number of nitrogens with zero attached hydrogens (tertiary/aromatic N) is 4. The van der Waals surface area contributed by atoms with Crippen molar-refractivity contribution in [1.29, 1.82) is 0 Å². The molecule has 2 aromatic heterocycles. The van der Waals surface area contributed by atoms with Gasteiger partial charge in [0.25, 0.3) is 10.0 Å². The van der Waals surface area contributed by atoms with Gasteiger partial charge in [-0.1, -0.05) is 0 Å². The number of aromatic nitrogens is 4. The Hall–Kier alpha value is -4.12. The lowest BCUT2D eigenvalue weighted by Gasteiger charge is -2.13. The quantitative estimate of drug-likeness (QED) is 0.403. The first-order valence-electron chi connectivity index (χ1n) is 10.2. The number of imidazole rings is 1. The van der Waals surface area contributed by atoms with Gasteiger partial charge in [0.1, 0.15) is 28.5 Å². The van der Waals surface area contributed by atoms with Crippen molar-refractivity contribution in [3.8, 4) is 28.9 Å². The third-order valence-corrected chi connectivity index (χ3v) is 6.53. The molecule has 0 bridgehead atoms. The third-order valence-electron chi connectivity index (χ3n) is 5.11. The first kappa shape index (κ1) is 23.1. The number of hydrogen-bond donors (Lipinski definition) is 1. The summed E-state index contributed by atoms with van der Waals surface area (Å²) in [5.74, 6) is 2.07. The number of ether oxygens (including phenoxy) is 3. The zero-order valence-corrected chi connectivity index (χ0v) is 19.8. The lowest BCUT2D eigenvalue weighted by atomic mass is 10.3. The maximum absolute atomic E-state index is 12.8. The molecule has 0 spiro atoms. The van der Waals surface area contributed by atoms with Crippen molar-refractivity contribution in [2.45, 2.75) is 18.7 Å². The van der Waals surface area contributed by atoms with Gasteiger partial charge in [0.2, 0.25) is 5.88 Å². The highest BCUT2D eigenvalue weighted by Gasteiger charge is 2.20. The molecule has 2 heterocycles. The zero-order chi connectivity index (χ0) is 24.3. The predicted octanol–water partition coefficient (Wildman–Crippen LogP) is 3.89. The van der Waals surface area contributed by atoms with Gasteiger partial charge < -0.3 is 14.2 Å². The van der Waals surface area contributed by atoms with Crippen molar-refractivity contribution in [3.05, 3.63) is 72.3 Å². The van der Waals surface area contributed by atoms with Crippen LogP contribution >= 0.6 is 0 Å². The highest BCUT2D eigenvalue weighted by molar-refractivity contribution is 7.92. The molecule has 4 aromatic rings. The molecule has 0 unspecified atom stereocenters. The van der Waals surface area contributed by atoms with Crippen molar-refractivity contribution in [1.82, 2.24) is 19.7 Å². The molecule has 0 saturated heterocycles. The van der Waals surface area contributed by atoms with Crippen LogP contribution in [-0.4, -0.2) is 42.4 Å². The maximum Gasteiger partial charge on any atom is 0.265 e. The average Bonchev–Trinajstić information content (AvgIpc) is 3.18. The van der Waals surface area contributed by atoms with Crippen LogP contribution < -0.4 is 18.9 Å². The van der Waals surface area contributed by atoms with Gasteiger partial charge in [0.15, 0.2) is 5.82 Å². The molecule has 2 aromatic carbocycles. The Morgan fingerprint density at radius 3 is 2.21 bits per heavy atom. The van der Waals surface area contributed by atoms with Gasteiger partial charge >= 0.3 is 0 Å². The van der Waals surface area contributed by atoms with Gasteiger partial charge in [0.05, 0.1) is 19.9 Å². The highest BCUT2D eigenvalue weighted by atomic mass is 32.2. The summed E-state index contributed by atoms with van der Waals surface area (Å²) in [7, 11) is -0.999. The van der Waals surface area contributed by atoms with Crippen molar-refractivity contribution in [2.24, 2.45) is 0 Å². The van der Waals surface area contributed by atoms with E-state index in [2.05, 4.69) is 19.9 Å². The summed E-state index contributed by atoms with van der Waals surface area (Å²) in [5, 5.41) is 8.28. The van der Waals surface area contributed by atoms with E-state index >= 15 is 0 Å². The summed E-state index contributed by atoms with van der Waals surface area (Å²) in [5.41, 5.74) is 2.26. The summed E-state index contributed by atoms with van der Waals surface area (Å²) in [6.07, 6.45) is 1.69. The number of methoxy groups -OCH3 is 2. The second kappa shape index (κ2) is 9.40. The summed E-state index contributed by atoms with van der Waals surface area (Å²) in [6, 6.07) is 14.4. The van der Waals surface area contributed by atoms with E-state index in [1.54, 1.807) is 48.8 Å². The number of anilines is 1. The van der Waals surface area contributed by atoms with E-state index in [9.17, 15) is 8.42 Å². The largest absolute Gasteiger partial charge is 0.497 e. The minimum Gasteiger partial charge on any atom is -0.497 e. The lowest BCUT2D eigenvalue weighted by molar-refractivity contribution is 0.386. The normalized spacial score (nSPS) is 11.2. The Morgan fingerprint density at radius 1 is 0.882 bits per heavy atom. The van der Waals surface area contributed by atoms with E-state index < -0.39 is 10.0 Å². The Bertz CT molecular complexity index is 1400. The van der Waals surface area contributed by atoms with Crippen LogP contribution in [0.4, 0.5) is 5.69 Å². The van der Waals surface area contributed by atoms with Gasteiger partial charge in [-0.15, -0.1) is 10.2 Å². The molecule has 11 heteroatoms. The van der Waals surface area contributed by atoms with E-state index in [1.807, 2.05) is 18.4 Å². The predicted molar refractivity (Wildman–Crippen MR) is 125 cm³/mol. The highest BCUT2D eigenvalue weighted by Crippen LogP contribution is 2.30. The van der Waals surface area contributed by atoms with Crippen molar-refractivity contribution < 1.29 is 22.6 Å². The van der Waals surface area contributed by atoms with Crippen LogP contribution in [0.5, 0.6) is 23.1 Å². The summed E-state index contributed by atoms with van der Waals surface area (Å²) in [4.78, 5) is 4.25. The Balaban J connectivity index is 1.46. The van der Waals surface area contributed by atoms with Gasteiger partial charge in [-0.25, -0.2) is 13.4 Å². The maximum atomic E-state index is 12.8. The Morgan fingerprint density at radius 2 is 1.62 bits per heavy atom. The van der Waals surface area contributed by atoms with Crippen LogP contribution in [0.1, 0.15) is 11.4 Å². The minimum absolute atomic E-state index is 0.00480. The molecule has 0 amide bonds. The third kappa shape index (κ3) is 4.79. The number of benzene rings is 2. The SMILES string of the molecule is COc1ccc(S(=O)(=O)Nc2ccc(Oc3ccc(-n4cnc(C)c4C)nn3)cc2)c(OC)c1. The fourth-order valence-electron chi connectivity index (χ4n) is 3.14. The van der Waals surface area contributed by atoms with Crippen LogP contribution in [0.15, 0.2) is 65.8 Å². The molecule has 4 rings (SSSR count). The molecule has 34 heavy (non-hydrogen) atoms. The smallest absolute Gasteiger partial charge is 0.265 e. The summed E-state index contributed by atoms with van der Waals surface area (Å²) >= 11 is 0. The molecule has 0 atom stereocenters. The topological polar surface area (TPSA) is 117 Å². The monoisotopic (exact) mass is 481 g/mol.